The maximum atomic E-state index is 13.7. The molecule has 0 unspecified atom stereocenters. The normalized spacial score (nSPS) is 16.3. The van der Waals surface area contributed by atoms with E-state index in [2.05, 4.69) is 15.2 Å². The second-order valence-corrected chi connectivity index (χ2v) is 5.09. The van der Waals surface area contributed by atoms with E-state index in [0.29, 0.717) is 22.3 Å². The summed E-state index contributed by atoms with van der Waals surface area (Å²) >= 11 is 5.87. The van der Waals surface area contributed by atoms with Gasteiger partial charge >= 0.3 is 0 Å². The third-order valence-corrected chi connectivity index (χ3v) is 3.65. The topological polar surface area (TPSA) is 41.6 Å². The lowest BCUT2D eigenvalue weighted by molar-refractivity contribution is 0.630. The molecule has 3 nitrogen and oxygen atoms in total. The molecule has 1 heterocycles. The average molecular weight is 266 g/mol. The van der Waals surface area contributed by atoms with Crippen molar-refractivity contribution in [2.24, 2.45) is 0 Å². The Morgan fingerprint density at radius 1 is 1.28 bits per heavy atom. The molecule has 1 N–H and O–H groups in total. The van der Waals surface area contributed by atoms with E-state index >= 15 is 0 Å². The van der Waals surface area contributed by atoms with Crippen LogP contribution in [0, 0.1) is 5.82 Å². The van der Waals surface area contributed by atoms with Gasteiger partial charge in [0.25, 0.3) is 0 Å². The van der Waals surface area contributed by atoms with Gasteiger partial charge in [0, 0.05) is 10.9 Å². The van der Waals surface area contributed by atoms with Gasteiger partial charge in [-0.1, -0.05) is 24.4 Å². The van der Waals surface area contributed by atoms with Crippen molar-refractivity contribution in [3.8, 4) is 11.4 Å². The Kier molecular flexibility index (Phi) is 3.04. The number of nitrogens with one attached hydrogen (secondary N) is 1. The highest BCUT2D eigenvalue weighted by atomic mass is 35.5. The fourth-order valence-electron chi connectivity index (χ4n) is 2.45. The van der Waals surface area contributed by atoms with Crippen molar-refractivity contribution in [1.29, 1.82) is 0 Å². The zero-order valence-corrected chi connectivity index (χ0v) is 10.5. The van der Waals surface area contributed by atoms with Crippen LogP contribution < -0.4 is 0 Å². The zero-order valence-electron chi connectivity index (χ0n) is 9.79. The lowest BCUT2D eigenvalue weighted by atomic mass is 10.1. The van der Waals surface area contributed by atoms with Gasteiger partial charge in [0.2, 0.25) is 0 Å². The molecule has 1 saturated carbocycles. The van der Waals surface area contributed by atoms with E-state index in [4.69, 9.17) is 11.6 Å². The monoisotopic (exact) mass is 265 g/mol. The summed E-state index contributed by atoms with van der Waals surface area (Å²) in [5.41, 5.74) is 0.350. The molecule has 1 aliphatic rings. The number of halogens is 2. The number of H-pyrrole nitrogens is 1. The molecule has 0 atom stereocenters. The Hall–Kier alpha value is -1.42. The van der Waals surface area contributed by atoms with Crippen LogP contribution in [0.4, 0.5) is 4.39 Å². The summed E-state index contributed by atoms with van der Waals surface area (Å²) in [6.07, 6.45) is 4.72. The van der Waals surface area contributed by atoms with Crippen LogP contribution in [0.1, 0.15) is 37.4 Å². The first-order valence-electron chi connectivity index (χ1n) is 6.12. The summed E-state index contributed by atoms with van der Waals surface area (Å²) in [7, 11) is 0. The molecule has 2 aromatic rings. The van der Waals surface area contributed by atoms with Crippen LogP contribution in [0.5, 0.6) is 0 Å². The van der Waals surface area contributed by atoms with Gasteiger partial charge in [-0.25, -0.2) is 9.37 Å². The van der Waals surface area contributed by atoms with Crippen molar-refractivity contribution >= 4 is 11.6 Å². The molecule has 0 amide bonds. The smallest absolute Gasteiger partial charge is 0.184 e. The van der Waals surface area contributed by atoms with Crippen LogP contribution in [0.25, 0.3) is 11.4 Å². The van der Waals surface area contributed by atoms with E-state index in [1.54, 1.807) is 6.07 Å². The standard InChI is InChI=1S/C13H13ClFN3/c14-9-5-6-11(15)10(7-9)13-16-12(17-18-13)8-3-1-2-4-8/h5-8H,1-4H2,(H,16,17,18). The molecule has 1 aliphatic carbocycles. The molecule has 1 fully saturated rings. The van der Waals surface area contributed by atoms with Crippen LogP contribution in [0.3, 0.4) is 0 Å². The number of rotatable bonds is 2. The summed E-state index contributed by atoms with van der Waals surface area (Å²) in [5.74, 6) is 1.34. The van der Waals surface area contributed by atoms with Gasteiger partial charge in [0.1, 0.15) is 11.6 Å². The van der Waals surface area contributed by atoms with E-state index < -0.39 is 0 Å². The summed E-state index contributed by atoms with van der Waals surface area (Å²) in [6.45, 7) is 0. The first-order chi connectivity index (χ1) is 8.74. The summed E-state index contributed by atoms with van der Waals surface area (Å²) in [6, 6.07) is 4.41. The van der Waals surface area contributed by atoms with E-state index in [-0.39, 0.29) is 5.82 Å². The van der Waals surface area contributed by atoms with Crippen molar-refractivity contribution < 1.29 is 4.39 Å². The minimum atomic E-state index is -0.351. The zero-order chi connectivity index (χ0) is 12.5. The van der Waals surface area contributed by atoms with Gasteiger partial charge in [-0.2, -0.15) is 5.10 Å². The molecular formula is C13H13ClFN3. The molecular weight excluding hydrogens is 253 g/mol. The molecule has 0 bridgehead atoms. The van der Waals surface area contributed by atoms with E-state index in [9.17, 15) is 4.39 Å². The SMILES string of the molecule is Fc1ccc(Cl)cc1-c1n[nH]c(C2CCCC2)n1. The maximum absolute atomic E-state index is 13.7. The first kappa shape index (κ1) is 11.7. The van der Waals surface area contributed by atoms with Gasteiger partial charge in [0.05, 0.1) is 5.56 Å². The molecule has 3 rings (SSSR count). The fourth-order valence-corrected chi connectivity index (χ4v) is 2.62. The van der Waals surface area contributed by atoms with Gasteiger partial charge in [0.15, 0.2) is 5.82 Å². The van der Waals surface area contributed by atoms with Crippen LogP contribution in [-0.2, 0) is 0 Å². The molecule has 0 spiro atoms. The third kappa shape index (κ3) is 2.12. The van der Waals surface area contributed by atoms with Gasteiger partial charge in [-0.05, 0) is 31.0 Å². The molecule has 1 aromatic heterocycles. The van der Waals surface area contributed by atoms with Gasteiger partial charge < -0.3 is 0 Å². The van der Waals surface area contributed by atoms with E-state index in [1.807, 2.05) is 0 Å². The second kappa shape index (κ2) is 4.69. The quantitative estimate of drug-likeness (QED) is 0.894. The Bertz CT molecular complexity index is 561. The molecule has 0 aliphatic heterocycles. The van der Waals surface area contributed by atoms with E-state index in [1.165, 1.54) is 25.0 Å². The second-order valence-electron chi connectivity index (χ2n) is 4.65. The van der Waals surface area contributed by atoms with E-state index in [0.717, 1.165) is 18.7 Å². The predicted molar refractivity (Wildman–Crippen MR) is 68.0 cm³/mol. The minimum Gasteiger partial charge on any atom is -0.262 e. The molecule has 1 aromatic carbocycles. The highest BCUT2D eigenvalue weighted by molar-refractivity contribution is 6.30. The van der Waals surface area contributed by atoms with Crippen LogP contribution >= 0.6 is 11.6 Å². The lowest BCUT2D eigenvalue weighted by Crippen LogP contribution is -1.94. The van der Waals surface area contributed by atoms with Crippen LogP contribution in [-0.4, -0.2) is 15.2 Å². The van der Waals surface area contributed by atoms with Gasteiger partial charge in [-0.15, -0.1) is 0 Å². The Balaban J connectivity index is 1.94. The van der Waals surface area contributed by atoms with Crippen LogP contribution in [0.15, 0.2) is 18.2 Å². The number of hydrogen-bond donors (Lipinski definition) is 1. The van der Waals surface area contributed by atoms with Gasteiger partial charge in [-0.3, -0.25) is 5.10 Å². The van der Waals surface area contributed by atoms with Crippen molar-refractivity contribution in [1.82, 2.24) is 15.2 Å². The molecule has 18 heavy (non-hydrogen) atoms. The first-order valence-corrected chi connectivity index (χ1v) is 6.49. The summed E-state index contributed by atoms with van der Waals surface area (Å²) < 4.78 is 13.7. The molecule has 5 heteroatoms. The highest BCUT2D eigenvalue weighted by Gasteiger charge is 2.21. The Labute approximate surface area is 109 Å². The Morgan fingerprint density at radius 2 is 2.06 bits per heavy atom. The number of nitrogens with zero attached hydrogens (tertiary/aromatic N) is 2. The summed E-state index contributed by atoms with van der Waals surface area (Å²) in [4.78, 5) is 4.40. The minimum absolute atomic E-state index is 0.350. The molecule has 0 saturated heterocycles. The molecule has 94 valence electrons. The third-order valence-electron chi connectivity index (χ3n) is 3.41. The maximum Gasteiger partial charge on any atom is 0.184 e. The lowest BCUT2D eigenvalue weighted by Gasteiger charge is -2.02. The predicted octanol–water partition coefficient (Wildman–Crippen LogP) is 3.92. The number of hydrogen-bond acceptors (Lipinski definition) is 2. The van der Waals surface area contributed by atoms with Crippen molar-refractivity contribution in [2.75, 3.05) is 0 Å². The van der Waals surface area contributed by atoms with Crippen molar-refractivity contribution in [2.45, 2.75) is 31.6 Å². The average Bonchev–Trinajstić information content (AvgIpc) is 3.00. The number of aromatic amines is 1. The largest absolute Gasteiger partial charge is 0.262 e. The van der Waals surface area contributed by atoms with Crippen molar-refractivity contribution in [3.05, 3.63) is 34.9 Å². The van der Waals surface area contributed by atoms with Crippen molar-refractivity contribution in [3.63, 3.8) is 0 Å². The number of benzene rings is 1. The van der Waals surface area contributed by atoms with Crippen LogP contribution in [0.2, 0.25) is 5.02 Å². The number of aromatic nitrogens is 3. The molecule has 0 radical (unpaired) electrons. The highest BCUT2D eigenvalue weighted by Crippen LogP contribution is 2.33. The Morgan fingerprint density at radius 3 is 2.83 bits per heavy atom. The fraction of sp³-hybridized carbons (Fsp3) is 0.385. The summed E-state index contributed by atoms with van der Waals surface area (Å²) in [5, 5.41) is 7.51.